The van der Waals surface area contributed by atoms with Crippen LogP contribution < -0.4 is 0 Å². The topological polar surface area (TPSA) is 87.5 Å². The average molecular weight is 337 g/mol. The summed E-state index contributed by atoms with van der Waals surface area (Å²) in [5.41, 5.74) is 1.10. The Kier molecular flexibility index (Phi) is 11.2. The Hall–Kier alpha value is -2.21. The monoisotopic (exact) mass is 337 g/mol. The number of carboxylic acid groups (broad SMARTS) is 1. The van der Waals surface area contributed by atoms with Gasteiger partial charge < -0.3 is 15.3 Å². The summed E-state index contributed by atoms with van der Waals surface area (Å²) < 4.78 is 4.51. The van der Waals surface area contributed by atoms with E-state index in [1.807, 2.05) is 26.0 Å². The van der Waals surface area contributed by atoms with Gasteiger partial charge in [0.25, 0.3) is 0 Å². The third kappa shape index (κ3) is 11.1. The van der Waals surface area contributed by atoms with Crippen molar-refractivity contribution >= 4 is 35.6 Å². The summed E-state index contributed by atoms with van der Waals surface area (Å²) in [4.78, 5) is 22.1. The quantitative estimate of drug-likeness (QED) is 0.444. The predicted molar refractivity (Wildman–Crippen MR) is 94.0 cm³/mol. The van der Waals surface area contributed by atoms with Gasteiger partial charge in [0.15, 0.2) is 6.10 Å². The second kappa shape index (κ2) is 12.3. The van der Waals surface area contributed by atoms with Gasteiger partial charge in [-0.2, -0.15) is 0 Å². The van der Waals surface area contributed by atoms with E-state index >= 15 is 0 Å². The van der Waals surface area contributed by atoms with Crippen LogP contribution in [0.3, 0.4) is 0 Å². The Labute approximate surface area is 140 Å². The summed E-state index contributed by atoms with van der Waals surface area (Å²) in [6.45, 7) is 5.14. The maximum Gasteiger partial charge on any atom is 0.344 e. The van der Waals surface area contributed by atoms with Gasteiger partial charge in [-0.25, -0.2) is 4.79 Å². The highest BCUT2D eigenvalue weighted by Gasteiger charge is 2.14. The lowest BCUT2D eigenvalue weighted by atomic mass is 10.2. The second-order valence-electron chi connectivity index (χ2n) is 4.65. The van der Waals surface area contributed by atoms with Gasteiger partial charge in [0, 0.05) is 17.5 Å². The average Bonchev–Trinajstić information content (AvgIpc) is 2.99. The van der Waals surface area contributed by atoms with Crippen molar-refractivity contribution in [2.45, 2.75) is 39.7 Å². The smallest absolute Gasteiger partial charge is 0.344 e. The molecule has 1 rings (SSSR count). The van der Waals surface area contributed by atoms with Crippen LogP contribution >= 0.6 is 11.3 Å². The van der Waals surface area contributed by atoms with Gasteiger partial charge in [-0.05, 0) is 49.4 Å². The number of hydrogen-bond donors (Lipinski definition) is 2. The van der Waals surface area contributed by atoms with E-state index in [1.165, 1.54) is 18.0 Å². The fraction of sp³-hybridized carbons (Fsp3) is 0.353. The summed E-state index contributed by atoms with van der Waals surface area (Å²) in [6, 6.07) is 4.10. The van der Waals surface area contributed by atoms with Crippen molar-refractivity contribution in [1.82, 2.24) is 0 Å². The first-order valence-electron chi connectivity index (χ1n) is 7.21. The number of carbonyl (C=O) groups excluding carboxylic acids is 1. The summed E-state index contributed by atoms with van der Waals surface area (Å²) >= 11 is 1.71. The minimum Gasteiger partial charge on any atom is -0.479 e. The van der Waals surface area contributed by atoms with Crippen LogP contribution in [0, 0.1) is 5.41 Å². The summed E-state index contributed by atoms with van der Waals surface area (Å²) in [6.07, 6.45) is 7.05. The number of ether oxygens (including phenoxy) is 1. The molecule has 0 fully saturated rings. The molecule has 1 heterocycles. The van der Waals surface area contributed by atoms with Crippen LogP contribution in [0.1, 0.15) is 38.5 Å². The number of hydrogen-bond acceptors (Lipinski definition) is 5. The Morgan fingerprint density at radius 2 is 2.17 bits per heavy atom. The van der Waals surface area contributed by atoms with E-state index in [-0.39, 0.29) is 6.42 Å². The van der Waals surface area contributed by atoms with E-state index < -0.39 is 18.0 Å². The van der Waals surface area contributed by atoms with Crippen molar-refractivity contribution in [2.24, 2.45) is 0 Å². The largest absolute Gasteiger partial charge is 0.479 e. The molecule has 0 aliphatic carbocycles. The molecule has 23 heavy (non-hydrogen) atoms. The van der Waals surface area contributed by atoms with E-state index in [4.69, 9.17) is 10.5 Å². The summed E-state index contributed by atoms with van der Waals surface area (Å²) in [5, 5.41) is 17.2. The van der Waals surface area contributed by atoms with Crippen LogP contribution in [0.2, 0.25) is 0 Å². The molecule has 0 saturated heterocycles. The van der Waals surface area contributed by atoms with Gasteiger partial charge >= 0.3 is 11.9 Å². The van der Waals surface area contributed by atoms with E-state index in [0.29, 0.717) is 6.42 Å². The van der Waals surface area contributed by atoms with Crippen molar-refractivity contribution in [2.75, 3.05) is 0 Å². The van der Waals surface area contributed by atoms with Gasteiger partial charge in [0.2, 0.25) is 0 Å². The molecule has 0 aliphatic rings. The number of esters is 1. The highest BCUT2D eigenvalue weighted by molar-refractivity contribution is 7.10. The lowest BCUT2D eigenvalue weighted by Gasteiger charge is -2.06. The molecule has 2 N–H and O–H groups in total. The van der Waals surface area contributed by atoms with Crippen LogP contribution in [0.4, 0.5) is 0 Å². The van der Waals surface area contributed by atoms with Crippen LogP contribution in [0.15, 0.2) is 35.2 Å². The molecule has 1 aromatic heterocycles. The van der Waals surface area contributed by atoms with Crippen LogP contribution in [-0.4, -0.2) is 29.4 Å². The third-order valence-corrected chi connectivity index (χ3v) is 3.35. The molecule has 0 aliphatic heterocycles. The molecule has 0 bridgehead atoms. The Morgan fingerprint density at radius 3 is 2.65 bits per heavy atom. The molecular formula is C17H23NO4S. The standard InChI is InChI=1S/C10H11NS.C7H12O4/c1-9(6-7-11)4-5-10-3-2-8-12-10;1-3-4-6(8)11-5(2)7(9)10/h2-8,11H,1H3;5H,3-4H2,1-2H3,(H,9,10)/b5-4+,9-6+,11-7?;. The molecule has 0 spiro atoms. The van der Waals surface area contributed by atoms with E-state index in [9.17, 15) is 9.59 Å². The first-order valence-corrected chi connectivity index (χ1v) is 8.09. The molecule has 1 aromatic rings. The Balaban J connectivity index is 0.000000423. The number of allylic oxidation sites excluding steroid dienone is 3. The molecule has 0 saturated carbocycles. The maximum absolute atomic E-state index is 10.7. The predicted octanol–water partition coefficient (Wildman–Crippen LogP) is 4.16. The molecule has 0 aromatic carbocycles. The normalized spacial score (nSPS) is 12.2. The van der Waals surface area contributed by atoms with Crippen molar-refractivity contribution in [3.8, 4) is 0 Å². The van der Waals surface area contributed by atoms with Crippen LogP contribution in [-0.2, 0) is 14.3 Å². The van der Waals surface area contributed by atoms with Gasteiger partial charge in [-0.1, -0.05) is 19.1 Å². The van der Waals surface area contributed by atoms with E-state index in [0.717, 1.165) is 5.57 Å². The number of carboxylic acids is 1. The molecule has 1 atom stereocenters. The zero-order chi connectivity index (χ0) is 17.7. The van der Waals surface area contributed by atoms with E-state index in [2.05, 4.69) is 22.3 Å². The maximum atomic E-state index is 10.7. The fourth-order valence-electron chi connectivity index (χ4n) is 1.30. The van der Waals surface area contributed by atoms with Gasteiger partial charge in [0.05, 0.1) is 0 Å². The molecule has 1 unspecified atom stereocenters. The fourth-order valence-corrected chi connectivity index (χ4v) is 1.92. The highest BCUT2D eigenvalue weighted by Crippen LogP contribution is 2.11. The zero-order valence-corrected chi connectivity index (χ0v) is 14.4. The zero-order valence-electron chi connectivity index (χ0n) is 13.6. The van der Waals surface area contributed by atoms with Gasteiger partial charge in [0.1, 0.15) is 0 Å². The van der Waals surface area contributed by atoms with Crippen molar-refractivity contribution in [3.05, 3.63) is 40.1 Å². The number of thiophene rings is 1. The molecular weight excluding hydrogens is 314 g/mol. The summed E-state index contributed by atoms with van der Waals surface area (Å²) in [7, 11) is 0. The SMILES string of the molecule is CC(/C=C/c1cccs1)=C\C=N.CCCC(=O)OC(C)C(=O)O. The number of aliphatic carboxylic acids is 1. The van der Waals surface area contributed by atoms with Crippen LogP contribution in [0.5, 0.6) is 0 Å². The van der Waals surface area contributed by atoms with Crippen molar-refractivity contribution < 1.29 is 19.4 Å². The molecule has 0 radical (unpaired) electrons. The van der Waals surface area contributed by atoms with Crippen molar-refractivity contribution in [3.63, 3.8) is 0 Å². The Morgan fingerprint density at radius 1 is 1.48 bits per heavy atom. The third-order valence-electron chi connectivity index (χ3n) is 2.51. The minimum absolute atomic E-state index is 0.275. The lowest BCUT2D eigenvalue weighted by Crippen LogP contribution is -2.23. The van der Waals surface area contributed by atoms with E-state index in [1.54, 1.807) is 17.4 Å². The number of carbonyl (C=O) groups is 2. The van der Waals surface area contributed by atoms with Gasteiger partial charge in [-0.15, -0.1) is 11.3 Å². The summed E-state index contributed by atoms with van der Waals surface area (Å²) in [5.74, 6) is -1.57. The molecule has 5 nitrogen and oxygen atoms in total. The first-order chi connectivity index (χ1) is 10.9. The lowest BCUT2D eigenvalue weighted by molar-refractivity contribution is -0.162. The molecule has 126 valence electrons. The number of rotatable bonds is 7. The molecule has 0 amide bonds. The van der Waals surface area contributed by atoms with Crippen molar-refractivity contribution in [1.29, 1.82) is 5.41 Å². The van der Waals surface area contributed by atoms with Crippen LogP contribution in [0.25, 0.3) is 6.08 Å². The number of nitrogens with one attached hydrogen (secondary N) is 1. The second-order valence-corrected chi connectivity index (χ2v) is 5.63. The Bertz CT molecular complexity index is 547. The van der Waals surface area contributed by atoms with Gasteiger partial charge in [-0.3, -0.25) is 4.79 Å². The minimum atomic E-state index is -1.12. The molecule has 6 heteroatoms. The highest BCUT2D eigenvalue weighted by atomic mass is 32.1. The first kappa shape index (κ1) is 20.8.